The highest BCUT2D eigenvalue weighted by Gasteiger charge is 2.07. The van der Waals surface area contributed by atoms with Crippen molar-refractivity contribution in [3.8, 4) is 11.3 Å². The van der Waals surface area contributed by atoms with E-state index in [1.54, 1.807) is 12.5 Å². The summed E-state index contributed by atoms with van der Waals surface area (Å²) in [7, 11) is 1.91. The molecule has 0 unspecified atom stereocenters. The molecule has 2 rings (SSSR count). The van der Waals surface area contributed by atoms with E-state index in [0.29, 0.717) is 0 Å². The van der Waals surface area contributed by atoms with Crippen LogP contribution in [0.15, 0.2) is 27.4 Å². The Bertz CT molecular complexity index is 431. The van der Waals surface area contributed by atoms with Crippen molar-refractivity contribution in [2.45, 2.75) is 13.3 Å². The van der Waals surface area contributed by atoms with E-state index >= 15 is 0 Å². The van der Waals surface area contributed by atoms with E-state index in [-0.39, 0.29) is 0 Å². The summed E-state index contributed by atoms with van der Waals surface area (Å²) in [5, 5.41) is 3.05. The molecule has 0 saturated carbocycles. The van der Waals surface area contributed by atoms with Crippen molar-refractivity contribution in [3.63, 3.8) is 0 Å². The van der Waals surface area contributed by atoms with Gasteiger partial charge >= 0.3 is 0 Å². The van der Waals surface area contributed by atoms with E-state index in [4.69, 9.17) is 8.83 Å². The molecule has 0 aromatic carbocycles. The van der Waals surface area contributed by atoms with E-state index in [9.17, 15) is 0 Å². The Morgan fingerprint density at radius 2 is 2.33 bits per heavy atom. The number of hydrogen-bond acceptors (Lipinski definition) is 4. The van der Waals surface area contributed by atoms with Gasteiger partial charge in [-0.3, -0.25) is 0 Å². The highest BCUT2D eigenvalue weighted by molar-refractivity contribution is 5.55. The largest absolute Gasteiger partial charge is 0.469 e. The molecule has 0 atom stereocenters. The van der Waals surface area contributed by atoms with Crippen molar-refractivity contribution < 1.29 is 8.83 Å². The topological polar surface area (TPSA) is 51.2 Å². The van der Waals surface area contributed by atoms with Gasteiger partial charge in [-0.1, -0.05) is 0 Å². The summed E-state index contributed by atoms with van der Waals surface area (Å²) in [6.45, 7) is 2.77. The molecule has 0 aliphatic carbocycles. The minimum absolute atomic E-state index is 0.748. The van der Waals surface area contributed by atoms with Crippen molar-refractivity contribution in [3.05, 3.63) is 30.2 Å². The molecular formula is C11H14N2O2. The maximum atomic E-state index is 5.57. The zero-order chi connectivity index (χ0) is 10.7. The first-order valence-corrected chi connectivity index (χ1v) is 4.94. The molecule has 15 heavy (non-hydrogen) atoms. The molecule has 0 radical (unpaired) electrons. The fourth-order valence-corrected chi connectivity index (χ4v) is 1.36. The highest BCUT2D eigenvalue weighted by Crippen LogP contribution is 2.22. The van der Waals surface area contributed by atoms with Crippen LogP contribution in [0.2, 0.25) is 0 Å². The number of hydrogen-bond donors (Lipinski definition) is 1. The van der Waals surface area contributed by atoms with Crippen LogP contribution in [0.3, 0.4) is 0 Å². The van der Waals surface area contributed by atoms with Gasteiger partial charge in [0, 0.05) is 13.0 Å². The summed E-state index contributed by atoms with van der Waals surface area (Å²) >= 11 is 0. The van der Waals surface area contributed by atoms with Gasteiger partial charge in [0.15, 0.2) is 11.7 Å². The average molecular weight is 206 g/mol. The average Bonchev–Trinajstić information content (AvgIpc) is 2.83. The van der Waals surface area contributed by atoms with Crippen LogP contribution >= 0.6 is 0 Å². The zero-order valence-electron chi connectivity index (χ0n) is 8.91. The summed E-state index contributed by atoms with van der Waals surface area (Å²) in [6, 6.07) is 1.93. The van der Waals surface area contributed by atoms with E-state index in [1.165, 1.54) is 0 Å². The fourth-order valence-electron chi connectivity index (χ4n) is 1.36. The molecule has 0 aliphatic heterocycles. The molecule has 0 amide bonds. The first-order chi connectivity index (χ1) is 7.29. The van der Waals surface area contributed by atoms with Gasteiger partial charge in [-0.15, -0.1) is 0 Å². The lowest BCUT2D eigenvalue weighted by molar-refractivity contribution is 0.498. The number of aromatic nitrogens is 1. The molecule has 0 aliphatic rings. The first-order valence-electron chi connectivity index (χ1n) is 4.94. The molecule has 0 saturated heterocycles. The highest BCUT2D eigenvalue weighted by atomic mass is 16.4. The summed E-state index contributed by atoms with van der Waals surface area (Å²) in [5.74, 6) is 2.38. The zero-order valence-corrected chi connectivity index (χ0v) is 8.91. The summed E-state index contributed by atoms with van der Waals surface area (Å²) in [6.07, 6.45) is 4.21. The third-order valence-electron chi connectivity index (χ3n) is 2.16. The number of aryl methyl sites for hydroxylation is 1. The Balaban J connectivity index is 2.13. The summed E-state index contributed by atoms with van der Waals surface area (Å²) < 4.78 is 10.8. The predicted octanol–water partition coefficient (Wildman–Crippen LogP) is 2.00. The summed E-state index contributed by atoms with van der Waals surface area (Å²) in [4.78, 5) is 4.19. The van der Waals surface area contributed by atoms with Crippen LogP contribution in [0.4, 0.5) is 0 Å². The lowest BCUT2D eigenvalue weighted by atomic mass is 10.3. The molecular weight excluding hydrogens is 192 g/mol. The standard InChI is InChI=1S/C11H14N2O2/c1-8-5-9(7-14-8)10-6-13-11(15-10)3-4-12-2/h5-7,12H,3-4H2,1-2H3. The monoisotopic (exact) mass is 206 g/mol. The second-order valence-corrected chi connectivity index (χ2v) is 3.42. The summed E-state index contributed by atoms with van der Waals surface area (Å²) in [5.41, 5.74) is 0.940. The number of rotatable bonds is 4. The second-order valence-electron chi connectivity index (χ2n) is 3.42. The van der Waals surface area contributed by atoms with E-state index in [0.717, 1.165) is 35.9 Å². The fraction of sp³-hybridized carbons (Fsp3) is 0.364. The Morgan fingerprint density at radius 1 is 1.47 bits per heavy atom. The molecule has 80 valence electrons. The molecule has 4 heteroatoms. The van der Waals surface area contributed by atoms with E-state index < -0.39 is 0 Å². The van der Waals surface area contributed by atoms with Crippen LogP contribution in [0.25, 0.3) is 11.3 Å². The maximum absolute atomic E-state index is 5.57. The third kappa shape index (κ3) is 2.27. The van der Waals surface area contributed by atoms with Crippen LogP contribution in [0, 0.1) is 6.92 Å². The number of nitrogens with one attached hydrogen (secondary N) is 1. The Labute approximate surface area is 88.3 Å². The van der Waals surface area contributed by atoms with Crippen LogP contribution in [-0.2, 0) is 6.42 Å². The Morgan fingerprint density at radius 3 is 3.00 bits per heavy atom. The van der Waals surface area contributed by atoms with Gasteiger partial charge in [0.25, 0.3) is 0 Å². The van der Waals surface area contributed by atoms with Crippen molar-refractivity contribution >= 4 is 0 Å². The number of furan rings is 1. The third-order valence-corrected chi connectivity index (χ3v) is 2.16. The first kappa shape index (κ1) is 9.98. The van der Waals surface area contributed by atoms with Gasteiger partial charge < -0.3 is 14.2 Å². The molecule has 0 spiro atoms. The van der Waals surface area contributed by atoms with Gasteiger partial charge in [0.05, 0.1) is 11.8 Å². The van der Waals surface area contributed by atoms with Crippen LogP contribution < -0.4 is 5.32 Å². The Hall–Kier alpha value is -1.55. The van der Waals surface area contributed by atoms with Gasteiger partial charge in [0.1, 0.15) is 12.0 Å². The molecule has 2 aromatic heterocycles. The van der Waals surface area contributed by atoms with Crippen LogP contribution in [0.5, 0.6) is 0 Å². The van der Waals surface area contributed by atoms with Crippen molar-refractivity contribution in [2.75, 3.05) is 13.6 Å². The quantitative estimate of drug-likeness (QED) is 0.831. The SMILES string of the molecule is CNCCc1ncc(-c2coc(C)c2)o1. The molecule has 0 bridgehead atoms. The van der Waals surface area contributed by atoms with Crippen molar-refractivity contribution in [1.29, 1.82) is 0 Å². The van der Waals surface area contributed by atoms with Gasteiger partial charge in [-0.25, -0.2) is 4.98 Å². The van der Waals surface area contributed by atoms with Crippen molar-refractivity contribution in [2.24, 2.45) is 0 Å². The van der Waals surface area contributed by atoms with Gasteiger partial charge in [-0.05, 0) is 20.0 Å². The number of oxazole rings is 1. The number of nitrogens with zero attached hydrogens (tertiary/aromatic N) is 1. The Kier molecular flexibility index (Phi) is 2.87. The lowest BCUT2D eigenvalue weighted by Gasteiger charge is -1.93. The predicted molar refractivity (Wildman–Crippen MR) is 56.6 cm³/mol. The molecule has 0 fully saturated rings. The number of likely N-dealkylation sites (N-methyl/N-ethyl adjacent to an activating group) is 1. The lowest BCUT2D eigenvalue weighted by Crippen LogP contribution is -2.10. The molecule has 4 nitrogen and oxygen atoms in total. The van der Waals surface area contributed by atoms with Crippen LogP contribution in [-0.4, -0.2) is 18.6 Å². The van der Waals surface area contributed by atoms with Crippen LogP contribution in [0.1, 0.15) is 11.7 Å². The second kappa shape index (κ2) is 4.31. The maximum Gasteiger partial charge on any atom is 0.196 e. The minimum atomic E-state index is 0.748. The minimum Gasteiger partial charge on any atom is -0.469 e. The van der Waals surface area contributed by atoms with Gasteiger partial charge in [0.2, 0.25) is 0 Å². The smallest absolute Gasteiger partial charge is 0.196 e. The molecule has 1 N–H and O–H groups in total. The van der Waals surface area contributed by atoms with E-state index in [2.05, 4.69) is 10.3 Å². The van der Waals surface area contributed by atoms with Crippen molar-refractivity contribution in [1.82, 2.24) is 10.3 Å². The normalized spacial score (nSPS) is 10.8. The molecule has 2 heterocycles. The van der Waals surface area contributed by atoms with E-state index in [1.807, 2.05) is 20.0 Å². The molecule has 2 aromatic rings. The van der Waals surface area contributed by atoms with Gasteiger partial charge in [-0.2, -0.15) is 0 Å².